The van der Waals surface area contributed by atoms with Gasteiger partial charge in [0, 0.05) is 25.8 Å². The first-order chi connectivity index (χ1) is 10.2. The molecule has 0 aromatic heterocycles. The number of piperidine rings is 1. The maximum Gasteiger partial charge on any atom is 0.129 e. The lowest BCUT2D eigenvalue weighted by Crippen LogP contribution is -2.37. The maximum absolute atomic E-state index is 13.6. The highest BCUT2D eigenvalue weighted by molar-refractivity contribution is 5.18. The van der Waals surface area contributed by atoms with Crippen LogP contribution in [-0.4, -0.2) is 37.7 Å². The number of ether oxygens (including phenoxy) is 1. The van der Waals surface area contributed by atoms with Gasteiger partial charge in [0.1, 0.15) is 11.6 Å². The molecule has 1 heterocycles. The van der Waals surface area contributed by atoms with Crippen LogP contribution in [0.25, 0.3) is 0 Å². The largest absolute Gasteiger partial charge is 0.380 e. The van der Waals surface area contributed by atoms with Crippen LogP contribution in [0.2, 0.25) is 0 Å². The third-order valence-corrected chi connectivity index (χ3v) is 4.20. The van der Waals surface area contributed by atoms with Gasteiger partial charge in [-0.1, -0.05) is 6.07 Å². The Morgan fingerprint density at radius 2 is 2.19 bits per heavy atom. The average molecular weight is 297 g/mol. The van der Waals surface area contributed by atoms with Crippen molar-refractivity contribution >= 4 is 0 Å². The number of hydrogen-bond acceptors (Lipinski definition) is 2. The summed E-state index contributed by atoms with van der Waals surface area (Å²) in [5, 5.41) is 0. The minimum absolute atomic E-state index is 0.418. The zero-order chi connectivity index (χ0) is 15.1. The summed E-state index contributed by atoms with van der Waals surface area (Å²) < 4.78 is 31.9. The van der Waals surface area contributed by atoms with Crippen molar-refractivity contribution < 1.29 is 13.5 Å². The molecular weight excluding hydrogens is 272 g/mol. The average Bonchev–Trinajstić information content (AvgIpc) is 2.47. The normalized spacial score (nSPS) is 19.9. The van der Waals surface area contributed by atoms with Crippen molar-refractivity contribution in [1.82, 2.24) is 4.90 Å². The molecular formula is C17H25F2NO. The number of nitrogens with zero attached hydrogens (tertiary/aromatic N) is 1. The lowest BCUT2D eigenvalue weighted by molar-refractivity contribution is 0.0903. The molecule has 1 aliphatic heterocycles. The summed E-state index contributed by atoms with van der Waals surface area (Å²) in [6, 6.07) is 3.89. The van der Waals surface area contributed by atoms with Crippen LogP contribution >= 0.6 is 0 Å². The first-order valence-electron chi connectivity index (χ1n) is 7.93. The Morgan fingerprint density at radius 1 is 1.33 bits per heavy atom. The van der Waals surface area contributed by atoms with Crippen LogP contribution in [0.5, 0.6) is 0 Å². The molecule has 0 saturated carbocycles. The molecule has 0 N–H and O–H groups in total. The van der Waals surface area contributed by atoms with E-state index >= 15 is 0 Å². The van der Waals surface area contributed by atoms with E-state index in [0.717, 1.165) is 45.3 Å². The van der Waals surface area contributed by atoms with E-state index in [1.54, 1.807) is 6.07 Å². The molecule has 1 aromatic rings. The van der Waals surface area contributed by atoms with Gasteiger partial charge in [-0.15, -0.1) is 0 Å². The molecule has 0 bridgehead atoms. The van der Waals surface area contributed by atoms with Gasteiger partial charge < -0.3 is 9.64 Å². The van der Waals surface area contributed by atoms with Crippen molar-refractivity contribution in [2.45, 2.75) is 32.6 Å². The summed E-state index contributed by atoms with van der Waals surface area (Å²) in [5.41, 5.74) is 0.628. The second-order valence-corrected chi connectivity index (χ2v) is 5.78. The van der Waals surface area contributed by atoms with Crippen LogP contribution in [0, 0.1) is 17.6 Å². The Morgan fingerprint density at radius 3 is 2.95 bits per heavy atom. The molecule has 1 saturated heterocycles. The maximum atomic E-state index is 13.6. The summed E-state index contributed by atoms with van der Waals surface area (Å²) >= 11 is 0. The van der Waals surface area contributed by atoms with Gasteiger partial charge in [0.05, 0.1) is 6.61 Å². The van der Waals surface area contributed by atoms with Crippen molar-refractivity contribution in [3.05, 3.63) is 35.4 Å². The SMILES string of the molecule is CCOCCN1CCC[C@H](CCc2ccc(F)cc2F)C1. The Balaban J connectivity index is 1.77. The van der Waals surface area contributed by atoms with E-state index in [9.17, 15) is 8.78 Å². The predicted molar refractivity (Wildman–Crippen MR) is 80.3 cm³/mol. The standard InChI is InChI=1S/C17H25F2NO/c1-2-21-11-10-20-9-3-4-14(13-20)5-6-15-7-8-16(18)12-17(15)19/h7-8,12,14H,2-6,9-11,13H2,1H3/t14-/m1/s1. The lowest BCUT2D eigenvalue weighted by Gasteiger charge is -2.32. The van der Waals surface area contributed by atoms with Crippen molar-refractivity contribution in [2.24, 2.45) is 5.92 Å². The number of halogens is 2. The van der Waals surface area contributed by atoms with Crippen molar-refractivity contribution in [2.75, 3.05) is 32.8 Å². The van der Waals surface area contributed by atoms with E-state index in [1.165, 1.54) is 18.9 Å². The zero-order valence-corrected chi connectivity index (χ0v) is 12.8. The topological polar surface area (TPSA) is 12.5 Å². The second kappa shape index (κ2) is 8.44. The zero-order valence-electron chi connectivity index (χ0n) is 12.8. The van der Waals surface area contributed by atoms with Crippen LogP contribution < -0.4 is 0 Å². The molecule has 21 heavy (non-hydrogen) atoms. The molecule has 0 amide bonds. The molecule has 1 aliphatic rings. The van der Waals surface area contributed by atoms with Crippen molar-refractivity contribution in [1.29, 1.82) is 0 Å². The van der Waals surface area contributed by atoms with Gasteiger partial charge in [-0.3, -0.25) is 0 Å². The molecule has 1 aromatic carbocycles. The van der Waals surface area contributed by atoms with Crippen molar-refractivity contribution in [3.63, 3.8) is 0 Å². The van der Waals surface area contributed by atoms with Gasteiger partial charge in [-0.25, -0.2) is 8.78 Å². The molecule has 0 spiro atoms. The quantitative estimate of drug-likeness (QED) is 0.712. The molecule has 2 rings (SSSR count). The molecule has 118 valence electrons. The van der Waals surface area contributed by atoms with Gasteiger partial charge in [0.25, 0.3) is 0 Å². The van der Waals surface area contributed by atoms with E-state index < -0.39 is 11.6 Å². The summed E-state index contributed by atoms with van der Waals surface area (Å²) in [6.45, 7) is 6.74. The van der Waals surface area contributed by atoms with Gasteiger partial charge in [-0.05, 0) is 56.7 Å². The van der Waals surface area contributed by atoms with Crippen LogP contribution in [-0.2, 0) is 11.2 Å². The minimum Gasteiger partial charge on any atom is -0.380 e. The van der Waals surface area contributed by atoms with Gasteiger partial charge in [-0.2, -0.15) is 0 Å². The highest BCUT2D eigenvalue weighted by atomic mass is 19.1. The summed E-state index contributed by atoms with van der Waals surface area (Å²) in [7, 11) is 0. The van der Waals surface area contributed by atoms with Gasteiger partial charge in [0.2, 0.25) is 0 Å². The predicted octanol–water partition coefficient (Wildman–Crippen LogP) is 3.65. The number of likely N-dealkylation sites (tertiary alicyclic amines) is 1. The van der Waals surface area contributed by atoms with Gasteiger partial charge >= 0.3 is 0 Å². The fraction of sp³-hybridized carbons (Fsp3) is 0.647. The molecule has 4 heteroatoms. The van der Waals surface area contributed by atoms with Gasteiger partial charge in [0.15, 0.2) is 0 Å². The van der Waals surface area contributed by atoms with Crippen LogP contribution in [0.3, 0.4) is 0 Å². The number of hydrogen-bond donors (Lipinski definition) is 0. The van der Waals surface area contributed by atoms with E-state index in [4.69, 9.17) is 4.74 Å². The summed E-state index contributed by atoms with van der Waals surface area (Å²) in [5.74, 6) is -0.320. The number of rotatable bonds is 7. The van der Waals surface area contributed by atoms with Crippen LogP contribution in [0.15, 0.2) is 18.2 Å². The Hall–Kier alpha value is -1.00. The molecule has 2 nitrogen and oxygen atoms in total. The number of benzene rings is 1. The number of aryl methyl sites for hydroxylation is 1. The van der Waals surface area contributed by atoms with Crippen LogP contribution in [0.4, 0.5) is 8.78 Å². The third-order valence-electron chi connectivity index (χ3n) is 4.20. The fourth-order valence-electron chi connectivity index (χ4n) is 3.01. The smallest absolute Gasteiger partial charge is 0.129 e. The molecule has 0 aliphatic carbocycles. The Bertz CT molecular complexity index is 439. The molecule has 1 fully saturated rings. The lowest BCUT2D eigenvalue weighted by atomic mass is 9.91. The Kier molecular flexibility index (Phi) is 6.58. The van der Waals surface area contributed by atoms with Crippen molar-refractivity contribution in [3.8, 4) is 0 Å². The van der Waals surface area contributed by atoms with E-state index in [2.05, 4.69) is 4.90 Å². The molecule has 1 atom stereocenters. The second-order valence-electron chi connectivity index (χ2n) is 5.78. The van der Waals surface area contributed by atoms with E-state index in [0.29, 0.717) is 17.9 Å². The van der Waals surface area contributed by atoms with E-state index in [-0.39, 0.29) is 0 Å². The first kappa shape index (κ1) is 16.4. The van der Waals surface area contributed by atoms with Crippen LogP contribution in [0.1, 0.15) is 31.7 Å². The summed E-state index contributed by atoms with van der Waals surface area (Å²) in [4.78, 5) is 2.44. The minimum atomic E-state index is -0.504. The molecule has 0 radical (unpaired) electrons. The highest BCUT2D eigenvalue weighted by Gasteiger charge is 2.19. The molecule has 0 unspecified atom stereocenters. The Labute approximate surface area is 126 Å². The fourth-order valence-corrected chi connectivity index (χ4v) is 3.01. The first-order valence-corrected chi connectivity index (χ1v) is 7.93. The summed E-state index contributed by atoms with van der Waals surface area (Å²) in [6.07, 6.45) is 4.06. The third kappa shape index (κ3) is 5.36. The highest BCUT2D eigenvalue weighted by Crippen LogP contribution is 2.22. The monoisotopic (exact) mass is 297 g/mol. The van der Waals surface area contributed by atoms with E-state index in [1.807, 2.05) is 6.92 Å².